The normalized spacial score (nSPS) is 9.95. The summed E-state index contributed by atoms with van der Waals surface area (Å²) in [5, 5.41) is 16.2. The Morgan fingerprint density at radius 1 is 1.05 bits per heavy atom. The van der Waals surface area contributed by atoms with E-state index in [2.05, 4.69) is 15.4 Å². The van der Waals surface area contributed by atoms with Crippen LogP contribution in [0.1, 0.15) is 5.69 Å². The van der Waals surface area contributed by atoms with Crippen molar-refractivity contribution in [3.63, 3.8) is 0 Å². The van der Waals surface area contributed by atoms with Gasteiger partial charge in [0.15, 0.2) is 0 Å². The Balaban J connectivity index is 1.83. The van der Waals surface area contributed by atoms with Crippen LogP contribution < -0.4 is 5.32 Å². The van der Waals surface area contributed by atoms with Crippen molar-refractivity contribution in [3.8, 4) is 11.8 Å². The number of pyridine rings is 1. The fraction of sp³-hybridized carbons (Fsp3) is 0. The van der Waals surface area contributed by atoms with Crippen LogP contribution in [0.3, 0.4) is 0 Å². The summed E-state index contributed by atoms with van der Waals surface area (Å²) in [4.78, 5) is 4.16. The summed E-state index contributed by atoms with van der Waals surface area (Å²) in [6.45, 7) is 0. The van der Waals surface area contributed by atoms with E-state index in [1.165, 1.54) is 0 Å². The lowest BCUT2D eigenvalue weighted by Crippen LogP contribution is -1.94. The fourth-order valence-corrected chi connectivity index (χ4v) is 1.82. The number of para-hydroxylation sites is 1. The first-order valence-electron chi connectivity index (χ1n) is 6.09. The Hall–Kier alpha value is -3.13. The van der Waals surface area contributed by atoms with E-state index in [4.69, 9.17) is 5.26 Å². The largest absolute Gasteiger partial charge is 0.338 e. The maximum atomic E-state index is 8.82. The molecule has 2 heterocycles. The second kappa shape index (κ2) is 5.24. The molecule has 0 fully saturated rings. The van der Waals surface area contributed by atoms with Crippen LogP contribution in [0.15, 0.2) is 60.9 Å². The molecule has 5 heteroatoms. The number of nitrogens with zero attached hydrogens (tertiary/aromatic N) is 4. The van der Waals surface area contributed by atoms with Gasteiger partial charge in [-0.1, -0.05) is 24.3 Å². The van der Waals surface area contributed by atoms with Crippen LogP contribution in [0.4, 0.5) is 11.5 Å². The summed E-state index contributed by atoms with van der Waals surface area (Å²) >= 11 is 0. The average Bonchev–Trinajstić information content (AvgIpc) is 2.97. The molecule has 1 aromatic carbocycles. The standard InChI is InChI=1S/C15H11N5/c16-9-12-5-4-8-15(18-12)19-13-10-17-20(11-13)14-6-2-1-3-7-14/h1-8,10-11H,(H,18,19). The molecule has 0 saturated carbocycles. The van der Waals surface area contributed by atoms with Gasteiger partial charge in [0.05, 0.1) is 23.8 Å². The minimum atomic E-state index is 0.380. The van der Waals surface area contributed by atoms with Crippen LogP contribution in [0.5, 0.6) is 0 Å². The van der Waals surface area contributed by atoms with E-state index in [1.54, 1.807) is 29.1 Å². The van der Waals surface area contributed by atoms with E-state index in [1.807, 2.05) is 42.6 Å². The second-order valence-electron chi connectivity index (χ2n) is 4.15. The monoisotopic (exact) mass is 261 g/mol. The zero-order chi connectivity index (χ0) is 13.8. The smallest absolute Gasteiger partial charge is 0.142 e. The lowest BCUT2D eigenvalue weighted by Gasteiger charge is -2.02. The van der Waals surface area contributed by atoms with E-state index >= 15 is 0 Å². The van der Waals surface area contributed by atoms with Crippen LogP contribution in [0, 0.1) is 11.3 Å². The SMILES string of the molecule is N#Cc1cccc(Nc2cnn(-c3ccccc3)c2)n1. The highest BCUT2D eigenvalue weighted by Gasteiger charge is 2.02. The van der Waals surface area contributed by atoms with E-state index in [0.29, 0.717) is 11.5 Å². The molecule has 0 amide bonds. The molecule has 0 unspecified atom stereocenters. The number of rotatable bonds is 3. The number of nitriles is 1. The van der Waals surface area contributed by atoms with Crippen LogP contribution >= 0.6 is 0 Å². The number of aromatic nitrogens is 3. The predicted octanol–water partition coefficient (Wildman–Crippen LogP) is 2.88. The fourth-order valence-electron chi connectivity index (χ4n) is 1.82. The van der Waals surface area contributed by atoms with Crippen molar-refractivity contribution >= 4 is 11.5 Å². The minimum absolute atomic E-state index is 0.380. The highest BCUT2D eigenvalue weighted by atomic mass is 15.3. The molecule has 0 spiro atoms. The van der Waals surface area contributed by atoms with Crippen LogP contribution in [0.25, 0.3) is 5.69 Å². The molecule has 0 aliphatic carbocycles. The van der Waals surface area contributed by atoms with Crippen LogP contribution in [0.2, 0.25) is 0 Å². The van der Waals surface area contributed by atoms with Gasteiger partial charge in [-0.15, -0.1) is 0 Å². The zero-order valence-corrected chi connectivity index (χ0v) is 10.6. The molecule has 0 saturated heterocycles. The number of anilines is 2. The van der Waals surface area contributed by atoms with Crippen molar-refractivity contribution < 1.29 is 0 Å². The molecule has 3 rings (SSSR count). The van der Waals surface area contributed by atoms with Crippen molar-refractivity contribution in [2.45, 2.75) is 0 Å². The average molecular weight is 261 g/mol. The summed E-state index contributed by atoms with van der Waals surface area (Å²) in [5.74, 6) is 0.622. The summed E-state index contributed by atoms with van der Waals surface area (Å²) in [7, 11) is 0. The molecule has 0 aliphatic heterocycles. The van der Waals surface area contributed by atoms with Crippen molar-refractivity contribution in [3.05, 3.63) is 66.6 Å². The summed E-state index contributed by atoms with van der Waals surface area (Å²) in [6.07, 6.45) is 3.59. The van der Waals surface area contributed by atoms with Crippen molar-refractivity contribution in [2.75, 3.05) is 5.32 Å². The molecular formula is C15H11N5. The third-order valence-electron chi connectivity index (χ3n) is 2.74. The second-order valence-corrected chi connectivity index (χ2v) is 4.15. The molecule has 5 nitrogen and oxygen atoms in total. The molecule has 96 valence electrons. The summed E-state index contributed by atoms with van der Waals surface area (Å²) < 4.78 is 1.77. The highest BCUT2D eigenvalue weighted by molar-refractivity contribution is 5.55. The first-order valence-corrected chi connectivity index (χ1v) is 6.09. The third-order valence-corrected chi connectivity index (χ3v) is 2.74. The van der Waals surface area contributed by atoms with Crippen molar-refractivity contribution in [1.29, 1.82) is 5.26 Å². The molecule has 0 aliphatic rings. The Kier molecular flexibility index (Phi) is 3.13. The summed E-state index contributed by atoms with van der Waals surface area (Å²) in [6, 6.07) is 17.1. The van der Waals surface area contributed by atoms with E-state index in [-0.39, 0.29) is 0 Å². The first-order chi connectivity index (χ1) is 9.85. The highest BCUT2D eigenvalue weighted by Crippen LogP contribution is 2.16. The molecule has 2 aromatic heterocycles. The lowest BCUT2D eigenvalue weighted by atomic mass is 10.3. The molecule has 0 radical (unpaired) electrons. The van der Waals surface area contributed by atoms with Gasteiger partial charge >= 0.3 is 0 Å². The molecule has 1 N–H and O–H groups in total. The summed E-state index contributed by atoms with van der Waals surface area (Å²) in [5.41, 5.74) is 2.18. The van der Waals surface area contributed by atoms with Crippen molar-refractivity contribution in [2.24, 2.45) is 0 Å². The number of hydrogen-bond donors (Lipinski definition) is 1. The molecule has 3 aromatic rings. The Bertz CT molecular complexity index is 755. The van der Waals surface area contributed by atoms with Gasteiger partial charge in [-0.05, 0) is 24.3 Å². The molecule has 20 heavy (non-hydrogen) atoms. The third kappa shape index (κ3) is 2.49. The van der Waals surface area contributed by atoms with Gasteiger partial charge in [0.1, 0.15) is 17.6 Å². The number of benzene rings is 1. The number of nitrogens with one attached hydrogen (secondary N) is 1. The maximum absolute atomic E-state index is 8.82. The topological polar surface area (TPSA) is 66.5 Å². The Morgan fingerprint density at radius 2 is 1.90 bits per heavy atom. The molecular weight excluding hydrogens is 250 g/mol. The van der Waals surface area contributed by atoms with E-state index < -0.39 is 0 Å². The lowest BCUT2D eigenvalue weighted by molar-refractivity contribution is 0.881. The Labute approximate surface area is 116 Å². The van der Waals surface area contributed by atoms with Gasteiger partial charge < -0.3 is 5.32 Å². The van der Waals surface area contributed by atoms with Crippen molar-refractivity contribution in [1.82, 2.24) is 14.8 Å². The van der Waals surface area contributed by atoms with Gasteiger partial charge in [0, 0.05) is 0 Å². The molecule has 0 bridgehead atoms. The van der Waals surface area contributed by atoms with Gasteiger partial charge in [-0.2, -0.15) is 10.4 Å². The quantitative estimate of drug-likeness (QED) is 0.787. The Morgan fingerprint density at radius 3 is 2.70 bits per heavy atom. The van der Waals surface area contributed by atoms with Gasteiger partial charge in [-0.25, -0.2) is 9.67 Å². The van der Waals surface area contributed by atoms with E-state index in [0.717, 1.165) is 11.4 Å². The number of hydrogen-bond acceptors (Lipinski definition) is 4. The van der Waals surface area contributed by atoms with Gasteiger partial charge in [0.25, 0.3) is 0 Å². The first kappa shape index (κ1) is 11.9. The van der Waals surface area contributed by atoms with Crippen LogP contribution in [-0.2, 0) is 0 Å². The maximum Gasteiger partial charge on any atom is 0.142 e. The minimum Gasteiger partial charge on any atom is -0.338 e. The molecule has 0 atom stereocenters. The van der Waals surface area contributed by atoms with Gasteiger partial charge in [0.2, 0.25) is 0 Å². The zero-order valence-electron chi connectivity index (χ0n) is 10.6. The predicted molar refractivity (Wildman–Crippen MR) is 75.8 cm³/mol. The van der Waals surface area contributed by atoms with E-state index in [9.17, 15) is 0 Å². The van der Waals surface area contributed by atoms with Gasteiger partial charge in [-0.3, -0.25) is 0 Å². The van der Waals surface area contributed by atoms with Crippen LogP contribution in [-0.4, -0.2) is 14.8 Å².